The van der Waals surface area contributed by atoms with E-state index in [4.69, 9.17) is 21.3 Å². The second-order valence-corrected chi connectivity index (χ2v) is 3.63. The number of rotatable bonds is 6. The van der Waals surface area contributed by atoms with Crippen LogP contribution in [-0.4, -0.2) is 18.2 Å². The van der Waals surface area contributed by atoms with E-state index in [1.165, 1.54) is 0 Å². The Bertz CT molecular complexity index is 370. The number of ether oxygens (including phenoxy) is 1. The molecule has 0 atom stereocenters. The molecule has 4 nitrogen and oxygen atoms in total. The van der Waals surface area contributed by atoms with Crippen LogP contribution in [0.5, 0.6) is 5.75 Å². The molecule has 0 saturated heterocycles. The molecule has 0 aliphatic heterocycles. The Hall–Kier alpha value is -1.84. The predicted octanol–water partition coefficient (Wildman–Crippen LogP) is 2.17. The Morgan fingerprint density at radius 2 is 1.88 bits per heavy atom. The van der Waals surface area contributed by atoms with Gasteiger partial charge in [-0.3, -0.25) is 5.41 Å². The normalized spacial score (nSPS) is 9.81. The smallest absolute Gasteiger partial charge is 0.119 e. The Morgan fingerprint density at radius 1 is 1.25 bits per heavy atom. The lowest BCUT2D eigenvalue weighted by Gasteiger charge is -2.06. The van der Waals surface area contributed by atoms with E-state index in [2.05, 4.69) is 0 Å². The third-order valence-corrected chi connectivity index (χ3v) is 2.15. The molecule has 0 heterocycles. The maximum Gasteiger partial charge on any atom is 0.119 e. The minimum atomic E-state index is 0.193. The molecule has 0 spiro atoms. The quantitative estimate of drug-likeness (QED) is 0.389. The largest absolute Gasteiger partial charge is 0.494 e. The SMILES string of the molecule is CC(=N)c1ccc(OCCCC(=N)N)cc1. The van der Waals surface area contributed by atoms with Gasteiger partial charge in [0.15, 0.2) is 0 Å². The first-order chi connectivity index (χ1) is 7.59. The van der Waals surface area contributed by atoms with Crippen LogP contribution < -0.4 is 10.5 Å². The zero-order valence-electron chi connectivity index (χ0n) is 9.42. The van der Waals surface area contributed by atoms with Crippen LogP contribution in [0.2, 0.25) is 0 Å². The summed E-state index contributed by atoms with van der Waals surface area (Å²) >= 11 is 0. The summed E-state index contributed by atoms with van der Waals surface area (Å²) in [5, 5.41) is 14.5. The highest BCUT2D eigenvalue weighted by molar-refractivity contribution is 5.96. The van der Waals surface area contributed by atoms with Gasteiger partial charge in [0.05, 0.1) is 12.4 Å². The van der Waals surface area contributed by atoms with Gasteiger partial charge in [-0.15, -0.1) is 0 Å². The van der Waals surface area contributed by atoms with E-state index >= 15 is 0 Å². The molecule has 0 amide bonds. The van der Waals surface area contributed by atoms with Crippen LogP contribution in [0.15, 0.2) is 24.3 Å². The van der Waals surface area contributed by atoms with E-state index in [0.29, 0.717) is 18.7 Å². The van der Waals surface area contributed by atoms with Crippen molar-refractivity contribution in [3.8, 4) is 5.75 Å². The van der Waals surface area contributed by atoms with Gasteiger partial charge < -0.3 is 15.9 Å². The summed E-state index contributed by atoms with van der Waals surface area (Å²) < 4.78 is 5.47. The van der Waals surface area contributed by atoms with Crippen molar-refractivity contribution in [2.24, 2.45) is 5.73 Å². The summed E-state index contributed by atoms with van der Waals surface area (Å²) in [7, 11) is 0. The topological polar surface area (TPSA) is 83.0 Å². The van der Waals surface area contributed by atoms with Gasteiger partial charge in [0.2, 0.25) is 0 Å². The lowest BCUT2D eigenvalue weighted by molar-refractivity contribution is 0.313. The summed E-state index contributed by atoms with van der Waals surface area (Å²) in [4.78, 5) is 0. The molecule has 0 radical (unpaired) electrons. The molecule has 86 valence electrons. The Balaban J connectivity index is 2.38. The van der Waals surface area contributed by atoms with Crippen LogP contribution in [-0.2, 0) is 0 Å². The Kier molecular flexibility index (Phi) is 4.51. The Labute approximate surface area is 95.4 Å². The van der Waals surface area contributed by atoms with E-state index < -0.39 is 0 Å². The molecule has 1 rings (SSSR count). The van der Waals surface area contributed by atoms with E-state index in [0.717, 1.165) is 17.7 Å². The van der Waals surface area contributed by atoms with Crippen LogP contribution in [0.4, 0.5) is 0 Å². The van der Waals surface area contributed by atoms with Crippen LogP contribution in [0, 0.1) is 10.8 Å². The molecule has 0 fully saturated rings. The highest BCUT2D eigenvalue weighted by Gasteiger charge is 1.97. The van der Waals surface area contributed by atoms with Gasteiger partial charge >= 0.3 is 0 Å². The van der Waals surface area contributed by atoms with E-state index in [9.17, 15) is 0 Å². The fourth-order valence-electron chi connectivity index (χ4n) is 1.25. The summed E-state index contributed by atoms with van der Waals surface area (Å²) in [6, 6.07) is 7.42. The van der Waals surface area contributed by atoms with Crippen LogP contribution in [0.3, 0.4) is 0 Å². The summed E-state index contributed by atoms with van der Waals surface area (Å²) in [5.74, 6) is 0.979. The van der Waals surface area contributed by atoms with Gasteiger partial charge in [0, 0.05) is 12.1 Å². The molecule has 0 unspecified atom stereocenters. The van der Waals surface area contributed by atoms with Crippen molar-refractivity contribution < 1.29 is 4.74 Å². The highest BCUT2D eigenvalue weighted by Crippen LogP contribution is 2.12. The van der Waals surface area contributed by atoms with Gasteiger partial charge in [0.1, 0.15) is 5.75 Å². The minimum absolute atomic E-state index is 0.193. The molecule has 0 aliphatic rings. The molecular formula is C12H17N3O. The molecule has 4 N–H and O–H groups in total. The standard InChI is InChI=1S/C12H17N3O/c1-9(13)10-4-6-11(7-5-10)16-8-2-3-12(14)15/h4-7,13H,2-3,8H2,1H3,(H3,14,15). The third kappa shape index (κ3) is 4.13. The van der Waals surface area contributed by atoms with Crippen molar-refractivity contribution in [3.63, 3.8) is 0 Å². The lowest BCUT2D eigenvalue weighted by atomic mass is 10.1. The van der Waals surface area contributed by atoms with Crippen molar-refractivity contribution in [3.05, 3.63) is 29.8 Å². The average Bonchev–Trinajstić information content (AvgIpc) is 2.25. The third-order valence-electron chi connectivity index (χ3n) is 2.15. The second kappa shape index (κ2) is 5.90. The first kappa shape index (κ1) is 12.2. The number of amidine groups is 1. The maximum absolute atomic E-state index is 7.44. The van der Waals surface area contributed by atoms with Gasteiger partial charge in [-0.2, -0.15) is 0 Å². The van der Waals surface area contributed by atoms with Crippen molar-refractivity contribution in [2.75, 3.05) is 6.61 Å². The van der Waals surface area contributed by atoms with Crippen LogP contribution >= 0.6 is 0 Å². The molecule has 1 aromatic rings. The summed E-state index contributed by atoms with van der Waals surface area (Å²) in [5.41, 5.74) is 6.67. The highest BCUT2D eigenvalue weighted by atomic mass is 16.5. The van der Waals surface area contributed by atoms with Crippen molar-refractivity contribution in [2.45, 2.75) is 19.8 Å². The lowest BCUT2D eigenvalue weighted by Crippen LogP contribution is -2.10. The monoisotopic (exact) mass is 219 g/mol. The van der Waals surface area contributed by atoms with E-state index in [-0.39, 0.29) is 5.84 Å². The number of hydrogen-bond acceptors (Lipinski definition) is 3. The zero-order chi connectivity index (χ0) is 12.0. The number of benzene rings is 1. The van der Waals surface area contributed by atoms with Gasteiger partial charge in [0.25, 0.3) is 0 Å². The fraction of sp³-hybridized carbons (Fsp3) is 0.333. The molecule has 1 aromatic carbocycles. The first-order valence-corrected chi connectivity index (χ1v) is 5.21. The van der Waals surface area contributed by atoms with E-state index in [1.54, 1.807) is 6.92 Å². The predicted molar refractivity (Wildman–Crippen MR) is 65.6 cm³/mol. The number of hydrogen-bond donors (Lipinski definition) is 3. The van der Waals surface area contributed by atoms with Crippen LogP contribution in [0.1, 0.15) is 25.3 Å². The maximum atomic E-state index is 7.44. The molecule has 4 heteroatoms. The summed E-state index contributed by atoms with van der Waals surface area (Å²) in [6.45, 7) is 2.31. The molecular weight excluding hydrogens is 202 g/mol. The minimum Gasteiger partial charge on any atom is -0.494 e. The summed E-state index contributed by atoms with van der Waals surface area (Å²) in [6.07, 6.45) is 1.32. The second-order valence-electron chi connectivity index (χ2n) is 3.63. The average molecular weight is 219 g/mol. The van der Waals surface area contributed by atoms with Gasteiger partial charge in [-0.05, 0) is 43.2 Å². The van der Waals surface area contributed by atoms with Crippen molar-refractivity contribution in [1.82, 2.24) is 0 Å². The number of nitrogens with one attached hydrogen (secondary N) is 2. The molecule has 16 heavy (non-hydrogen) atoms. The van der Waals surface area contributed by atoms with Crippen molar-refractivity contribution >= 4 is 11.5 Å². The molecule has 0 aliphatic carbocycles. The van der Waals surface area contributed by atoms with E-state index in [1.807, 2.05) is 24.3 Å². The number of nitrogens with two attached hydrogens (primary N) is 1. The van der Waals surface area contributed by atoms with Gasteiger partial charge in [-0.25, -0.2) is 0 Å². The molecule has 0 bridgehead atoms. The van der Waals surface area contributed by atoms with Crippen LogP contribution in [0.25, 0.3) is 0 Å². The zero-order valence-corrected chi connectivity index (χ0v) is 9.42. The fourth-order valence-corrected chi connectivity index (χ4v) is 1.25. The molecule has 0 aromatic heterocycles. The van der Waals surface area contributed by atoms with Gasteiger partial charge in [-0.1, -0.05) is 0 Å². The first-order valence-electron chi connectivity index (χ1n) is 5.21. The Morgan fingerprint density at radius 3 is 2.38 bits per heavy atom. The van der Waals surface area contributed by atoms with Crippen molar-refractivity contribution in [1.29, 1.82) is 10.8 Å². The molecule has 0 saturated carbocycles.